The quantitative estimate of drug-likeness (QED) is 0.625. The lowest BCUT2D eigenvalue weighted by atomic mass is 10.1. The highest BCUT2D eigenvalue weighted by atomic mass is 19.2. The van der Waals surface area contributed by atoms with Crippen LogP contribution >= 0.6 is 0 Å². The van der Waals surface area contributed by atoms with Crippen molar-refractivity contribution in [3.8, 4) is 0 Å². The number of hydrogen-bond acceptors (Lipinski definition) is 6. The molecule has 3 heterocycles. The largest absolute Gasteiger partial charge is 0.340 e. The number of piperidine rings is 1. The van der Waals surface area contributed by atoms with Crippen LogP contribution in [0.4, 0.5) is 24.9 Å². The van der Waals surface area contributed by atoms with Gasteiger partial charge in [0.25, 0.3) is 0 Å². The fourth-order valence-electron chi connectivity index (χ4n) is 3.37. The molecule has 3 N–H and O–H groups in total. The number of halogens is 3. The molecule has 3 aromatic rings. The standard InChI is InChI=1S/C18H18F3N7O/c19-11-1-2-27(8-14(11)22)18-26-15-3-12(20)13(21)4-16(15)28(18)7-10-5-24-17(6-23-10)25-9-29/h3-6,9,11,14H,1-2,7-8,22H2,(H,24,25,29)/t11-,14-/m1/s1. The molecule has 1 fully saturated rings. The lowest BCUT2D eigenvalue weighted by Gasteiger charge is -2.34. The molecule has 11 heteroatoms. The number of rotatable bonds is 5. The Morgan fingerprint density at radius 1 is 1.24 bits per heavy atom. The fourth-order valence-corrected chi connectivity index (χ4v) is 3.37. The van der Waals surface area contributed by atoms with Crippen molar-refractivity contribution in [2.24, 2.45) is 5.73 Å². The van der Waals surface area contributed by atoms with Crippen molar-refractivity contribution in [1.82, 2.24) is 19.5 Å². The molecule has 0 spiro atoms. The zero-order chi connectivity index (χ0) is 20.5. The second-order valence-electron chi connectivity index (χ2n) is 6.82. The number of nitrogens with zero attached hydrogens (tertiary/aromatic N) is 5. The maximum Gasteiger partial charge on any atom is 0.212 e. The Balaban J connectivity index is 1.75. The van der Waals surface area contributed by atoms with E-state index < -0.39 is 23.8 Å². The van der Waals surface area contributed by atoms with Gasteiger partial charge < -0.3 is 20.5 Å². The Kier molecular flexibility index (Phi) is 5.05. The van der Waals surface area contributed by atoms with Gasteiger partial charge in [-0.3, -0.25) is 9.78 Å². The number of nitrogens with one attached hydrogen (secondary N) is 1. The molecule has 0 radical (unpaired) electrons. The maximum absolute atomic E-state index is 13.9. The molecule has 1 amide bonds. The first-order valence-corrected chi connectivity index (χ1v) is 8.97. The van der Waals surface area contributed by atoms with E-state index in [-0.39, 0.29) is 30.8 Å². The summed E-state index contributed by atoms with van der Waals surface area (Å²) in [5.41, 5.74) is 7.01. The highest BCUT2D eigenvalue weighted by Crippen LogP contribution is 2.28. The minimum absolute atomic E-state index is 0.163. The van der Waals surface area contributed by atoms with Crippen molar-refractivity contribution in [3.63, 3.8) is 0 Å². The lowest BCUT2D eigenvalue weighted by molar-refractivity contribution is -0.105. The number of carbonyl (C=O) groups is 1. The molecule has 1 aliphatic rings. The molecule has 1 aromatic carbocycles. The molecule has 4 rings (SSSR count). The normalized spacial score (nSPS) is 19.5. The highest BCUT2D eigenvalue weighted by molar-refractivity contribution is 5.79. The highest BCUT2D eigenvalue weighted by Gasteiger charge is 2.29. The average Bonchev–Trinajstić information content (AvgIpc) is 3.03. The molecular weight excluding hydrogens is 387 g/mol. The summed E-state index contributed by atoms with van der Waals surface area (Å²) in [6.45, 7) is 0.760. The zero-order valence-corrected chi connectivity index (χ0v) is 15.2. The van der Waals surface area contributed by atoms with Crippen LogP contribution in [0.3, 0.4) is 0 Å². The van der Waals surface area contributed by atoms with Crippen molar-refractivity contribution < 1.29 is 18.0 Å². The second-order valence-corrected chi connectivity index (χ2v) is 6.82. The Hall–Kier alpha value is -3.21. The van der Waals surface area contributed by atoms with Crippen molar-refractivity contribution in [2.45, 2.75) is 25.2 Å². The van der Waals surface area contributed by atoms with E-state index in [1.165, 1.54) is 12.4 Å². The van der Waals surface area contributed by atoms with E-state index in [0.29, 0.717) is 30.1 Å². The molecule has 0 bridgehead atoms. The number of carbonyl (C=O) groups excluding carboxylic acids is 1. The average molecular weight is 405 g/mol. The number of hydrogen-bond donors (Lipinski definition) is 2. The summed E-state index contributed by atoms with van der Waals surface area (Å²) in [4.78, 5) is 25.0. The smallest absolute Gasteiger partial charge is 0.212 e. The number of amides is 1. The minimum atomic E-state index is -1.11. The van der Waals surface area contributed by atoms with Crippen LogP contribution in [0, 0.1) is 11.6 Å². The Morgan fingerprint density at radius 3 is 2.72 bits per heavy atom. The van der Waals surface area contributed by atoms with Crippen LogP contribution in [-0.4, -0.2) is 51.2 Å². The summed E-state index contributed by atoms with van der Waals surface area (Å²) in [6, 6.07) is 1.41. The topological polar surface area (TPSA) is 102 Å². The van der Waals surface area contributed by atoms with E-state index in [2.05, 4.69) is 20.3 Å². The van der Waals surface area contributed by atoms with Crippen LogP contribution in [-0.2, 0) is 11.3 Å². The Bertz CT molecular complexity index is 1040. The molecule has 2 atom stereocenters. The number of anilines is 2. The molecule has 0 aliphatic carbocycles. The van der Waals surface area contributed by atoms with Crippen molar-refractivity contribution in [1.29, 1.82) is 0 Å². The summed E-state index contributed by atoms with van der Waals surface area (Å²) in [6.07, 6.45) is 2.45. The summed E-state index contributed by atoms with van der Waals surface area (Å²) in [5.74, 6) is -1.30. The predicted molar refractivity (Wildman–Crippen MR) is 100 cm³/mol. The molecule has 1 saturated heterocycles. The second kappa shape index (κ2) is 7.66. The van der Waals surface area contributed by atoms with Gasteiger partial charge in [0.05, 0.1) is 41.7 Å². The van der Waals surface area contributed by atoms with E-state index in [1.54, 1.807) is 9.47 Å². The number of imidazole rings is 1. The molecule has 0 unspecified atom stereocenters. The van der Waals surface area contributed by atoms with E-state index in [9.17, 15) is 18.0 Å². The van der Waals surface area contributed by atoms with Gasteiger partial charge in [-0.15, -0.1) is 0 Å². The Morgan fingerprint density at radius 2 is 2.03 bits per heavy atom. The lowest BCUT2D eigenvalue weighted by Crippen LogP contribution is -2.50. The third-order valence-corrected chi connectivity index (χ3v) is 4.86. The Labute approximate surface area is 163 Å². The van der Waals surface area contributed by atoms with Gasteiger partial charge in [-0.05, 0) is 6.42 Å². The molecule has 8 nitrogen and oxygen atoms in total. The van der Waals surface area contributed by atoms with Crippen LogP contribution in [0.15, 0.2) is 24.5 Å². The number of aromatic nitrogens is 4. The number of nitrogens with two attached hydrogens (primary N) is 1. The summed E-state index contributed by atoms with van der Waals surface area (Å²) >= 11 is 0. The van der Waals surface area contributed by atoms with Crippen LogP contribution in [0.1, 0.15) is 12.1 Å². The number of benzene rings is 1. The van der Waals surface area contributed by atoms with Gasteiger partial charge in [0, 0.05) is 25.2 Å². The summed E-state index contributed by atoms with van der Waals surface area (Å²) in [7, 11) is 0. The van der Waals surface area contributed by atoms with Crippen molar-refractivity contribution in [2.75, 3.05) is 23.3 Å². The first-order valence-electron chi connectivity index (χ1n) is 8.97. The molecule has 152 valence electrons. The van der Waals surface area contributed by atoms with Gasteiger partial charge in [0.15, 0.2) is 17.5 Å². The van der Waals surface area contributed by atoms with Crippen molar-refractivity contribution >= 4 is 29.2 Å². The van der Waals surface area contributed by atoms with E-state index >= 15 is 0 Å². The van der Waals surface area contributed by atoms with Gasteiger partial charge in [-0.1, -0.05) is 0 Å². The first-order chi connectivity index (χ1) is 14.0. The van der Waals surface area contributed by atoms with E-state index in [4.69, 9.17) is 5.73 Å². The monoisotopic (exact) mass is 405 g/mol. The third-order valence-electron chi connectivity index (χ3n) is 4.86. The maximum atomic E-state index is 13.9. The third kappa shape index (κ3) is 3.73. The minimum Gasteiger partial charge on any atom is -0.340 e. The van der Waals surface area contributed by atoms with Crippen LogP contribution < -0.4 is 16.0 Å². The van der Waals surface area contributed by atoms with Gasteiger partial charge in [0.1, 0.15) is 6.17 Å². The molecular formula is C18H18F3N7O. The van der Waals surface area contributed by atoms with Crippen LogP contribution in [0.25, 0.3) is 11.0 Å². The van der Waals surface area contributed by atoms with E-state index in [1.807, 2.05) is 0 Å². The fraction of sp³-hybridized carbons (Fsp3) is 0.333. The van der Waals surface area contributed by atoms with Gasteiger partial charge >= 0.3 is 0 Å². The molecule has 1 aliphatic heterocycles. The van der Waals surface area contributed by atoms with Gasteiger partial charge in [-0.2, -0.15) is 0 Å². The zero-order valence-electron chi connectivity index (χ0n) is 15.2. The van der Waals surface area contributed by atoms with Gasteiger partial charge in [-0.25, -0.2) is 23.1 Å². The summed E-state index contributed by atoms with van der Waals surface area (Å²) < 4.78 is 43.1. The number of fused-ring (bicyclic) bond motifs is 1. The van der Waals surface area contributed by atoms with Crippen molar-refractivity contribution in [3.05, 3.63) is 41.9 Å². The first kappa shape index (κ1) is 19.1. The van der Waals surface area contributed by atoms with Crippen LogP contribution in [0.5, 0.6) is 0 Å². The van der Waals surface area contributed by atoms with Crippen LogP contribution in [0.2, 0.25) is 0 Å². The molecule has 2 aromatic heterocycles. The van der Waals surface area contributed by atoms with E-state index in [0.717, 1.165) is 12.1 Å². The molecule has 29 heavy (non-hydrogen) atoms. The van der Waals surface area contributed by atoms with Gasteiger partial charge in [0.2, 0.25) is 12.4 Å². The SMILES string of the molecule is N[C@@H]1CN(c2nc3cc(F)c(F)cc3n2Cc2cnc(NC=O)cn2)CC[C@H]1F. The number of alkyl halides is 1. The summed E-state index contributed by atoms with van der Waals surface area (Å²) in [5, 5.41) is 2.39. The predicted octanol–water partition coefficient (Wildman–Crippen LogP) is 1.60. The molecule has 0 saturated carbocycles.